The Labute approximate surface area is 167 Å². The first-order valence-corrected chi connectivity index (χ1v) is 10.00. The van der Waals surface area contributed by atoms with Gasteiger partial charge in [-0.25, -0.2) is 8.42 Å². The maximum Gasteiger partial charge on any atom is 0.405 e. The first-order chi connectivity index (χ1) is 13.4. The van der Waals surface area contributed by atoms with E-state index in [-0.39, 0.29) is 22.8 Å². The lowest BCUT2D eigenvalue weighted by Crippen LogP contribution is -2.34. The summed E-state index contributed by atoms with van der Waals surface area (Å²) in [6.07, 6.45) is -4.73. The third kappa shape index (κ3) is 6.38. The quantitative estimate of drug-likeness (QED) is 0.706. The number of sulfonamides is 1. The van der Waals surface area contributed by atoms with E-state index >= 15 is 0 Å². The molecule has 0 fully saturated rings. The molecule has 0 saturated carbocycles. The molecule has 0 unspecified atom stereocenters. The van der Waals surface area contributed by atoms with E-state index in [9.17, 15) is 26.4 Å². The maximum atomic E-state index is 12.7. The second kappa shape index (κ2) is 8.73. The smallest absolute Gasteiger partial charge is 0.405 e. The topological polar surface area (TPSA) is 84.5 Å². The summed E-state index contributed by atoms with van der Waals surface area (Å²) in [5.74, 6) is -0.575. The first kappa shape index (κ1) is 22.5. The average molecular weight is 430 g/mol. The van der Waals surface area contributed by atoms with Crippen molar-refractivity contribution in [1.29, 1.82) is 0 Å². The molecule has 2 aromatic carbocycles. The van der Waals surface area contributed by atoms with Crippen LogP contribution in [-0.4, -0.2) is 34.2 Å². The van der Waals surface area contributed by atoms with Gasteiger partial charge in [-0.2, -0.15) is 13.2 Å². The number of hydrogen-bond donors (Lipinski definition) is 2. The molecule has 0 aliphatic heterocycles. The van der Waals surface area contributed by atoms with Crippen molar-refractivity contribution in [2.75, 3.05) is 18.4 Å². The van der Waals surface area contributed by atoms with Crippen molar-refractivity contribution in [3.63, 3.8) is 0 Å². The van der Waals surface area contributed by atoms with Crippen LogP contribution in [0.4, 0.5) is 18.9 Å². The fourth-order valence-electron chi connectivity index (χ4n) is 2.48. The molecule has 0 atom stereocenters. The lowest BCUT2D eigenvalue weighted by Gasteiger charge is -2.14. The third-order valence-electron chi connectivity index (χ3n) is 4.13. The lowest BCUT2D eigenvalue weighted by atomic mass is 10.1. The number of rotatable bonds is 7. The van der Waals surface area contributed by atoms with Gasteiger partial charge < -0.3 is 10.1 Å². The van der Waals surface area contributed by atoms with Crippen LogP contribution in [0.25, 0.3) is 0 Å². The molecule has 29 heavy (non-hydrogen) atoms. The van der Waals surface area contributed by atoms with Gasteiger partial charge in [0.2, 0.25) is 5.91 Å². The zero-order valence-electron chi connectivity index (χ0n) is 16.1. The zero-order chi connectivity index (χ0) is 21.8. The molecule has 0 saturated heterocycles. The molecule has 0 spiro atoms. The molecule has 158 valence electrons. The van der Waals surface area contributed by atoms with E-state index in [1.165, 1.54) is 37.4 Å². The summed E-state index contributed by atoms with van der Waals surface area (Å²) in [5, 5.41) is 1.78. The Morgan fingerprint density at radius 1 is 1.07 bits per heavy atom. The van der Waals surface area contributed by atoms with Crippen LogP contribution in [0.5, 0.6) is 5.75 Å². The van der Waals surface area contributed by atoms with Crippen LogP contribution in [0.15, 0.2) is 41.3 Å². The van der Waals surface area contributed by atoms with Gasteiger partial charge in [0.05, 0.1) is 13.5 Å². The highest BCUT2D eigenvalue weighted by Gasteiger charge is 2.27. The SMILES string of the molecule is COc1cc(C)c(C)cc1S(=O)(=O)Nc1ccc(CC(=O)NCC(F)(F)F)cc1. The van der Waals surface area contributed by atoms with Crippen LogP contribution >= 0.6 is 0 Å². The molecular formula is C19H21F3N2O4S. The van der Waals surface area contributed by atoms with Crippen LogP contribution in [0.3, 0.4) is 0 Å². The molecule has 0 aromatic heterocycles. The normalized spacial score (nSPS) is 11.8. The Morgan fingerprint density at radius 3 is 2.21 bits per heavy atom. The predicted octanol–water partition coefficient (Wildman–Crippen LogP) is 3.33. The van der Waals surface area contributed by atoms with Crippen LogP contribution in [0.1, 0.15) is 16.7 Å². The van der Waals surface area contributed by atoms with Crippen molar-refractivity contribution in [3.8, 4) is 5.75 Å². The average Bonchev–Trinajstić information content (AvgIpc) is 2.62. The number of aryl methyl sites for hydroxylation is 2. The molecule has 0 aliphatic carbocycles. The fourth-order valence-corrected chi connectivity index (χ4v) is 3.78. The second-order valence-electron chi connectivity index (χ2n) is 6.46. The van der Waals surface area contributed by atoms with Gasteiger partial charge in [-0.05, 0) is 54.8 Å². The summed E-state index contributed by atoms with van der Waals surface area (Å²) in [6, 6.07) is 8.92. The number of halogens is 3. The standard InChI is InChI=1S/C19H21F3N2O4S/c1-12-8-16(28-3)17(9-13(12)2)29(26,27)24-15-6-4-14(5-7-15)10-18(25)23-11-19(20,21)22/h4-9,24H,10-11H2,1-3H3,(H,23,25). The predicted molar refractivity (Wildman–Crippen MR) is 102 cm³/mol. The Hall–Kier alpha value is -2.75. The second-order valence-corrected chi connectivity index (χ2v) is 8.11. The van der Waals surface area contributed by atoms with Crippen molar-refractivity contribution in [2.45, 2.75) is 31.3 Å². The maximum absolute atomic E-state index is 12.7. The Bertz CT molecular complexity index is 988. The number of alkyl halides is 3. The molecule has 0 aliphatic rings. The lowest BCUT2D eigenvalue weighted by molar-refractivity contribution is -0.138. The summed E-state index contributed by atoms with van der Waals surface area (Å²) >= 11 is 0. The number of ether oxygens (including phenoxy) is 1. The van der Waals surface area contributed by atoms with Crippen LogP contribution < -0.4 is 14.8 Å². The van der Waals surface area contributed by atoms with E-state index in [4.69, 9.17) is 4.74 Å². The molecule has 2 N–H and O–H groups in total. The van der Waals surface area contributed by atoms with Gasteiger partial charge in [0.15, 0.2) is 0 Å². The summed E-state index contributed by atoms with van der Waals surface area (Å²) < 4.78 is 69.4. The van der Waals surface area contributed by atoms with E-state index in [0.29, 0.717) is 5.56 Å². The van der Waals surface area contributed by atoms with Gasteiger partial charge in [0.1, 0.15) is 17.2 Å². The highest BCUT2D eigenvalue weighted by atomic mass is 32.2. The summed E-state index contributed by atoms with van der Waals surface area (Å²) in [7, 11) is -2.56. The number of amides is 1. The van der Waals surface area contributed by atoms with Crippen molar-refractivity contribution in [1.82, 2.24) is 5.32 Å². The highest BCUT2D eigenvalue weighted by Crippen LogP contribution is 2.29. The van der Waals surface area contributed by atoms with E-state index < -0.39 is 28.7 Å². The zero-order valence-corrected chi connectivity index (χ0v) is 16.9. The van der Waals surface area contributed by atoms with E-state index in [0.717, 1.165) is 11.1 Å². The molecule has 0 radical (unpaired) electrons. The number of benzene rings is 2. The number of hydrogen-bond acceptors (Lipinski definition) is 4. The summed E-state index contributed by atoms with van der Waals surface area (Å²) in [6.45, 7) is 2.22. The van der Waals surface area contributed by atoms with Gasteiger partial charge in [-0.15, -0.1) is 0 Å². The van der Waals surface area contributed by atoms with Crippen molar-refractivity contribution < 1.29 is 31.1 Å². The molecule has 2 rings (SSSR count). The van der Waals surface area contributed by atoms with Crippen molar-refractivity contribution >= 4 is 21.6 Å². The van der Waals surface area contributed by atoms with Gasteiger partial charge in [-0.1, -0.05) is 12.1 Å². The summed E-state index contributed by atoms with van der Waals surface area (Å²) in [4.78, 5) is 11.5. The van der Waals surface area contributed by atoms with Crippen LogP contribution in [0, 0.1) is 13.8 Å². The number of nitrogens with one attached hydrogen (secondary N) is 2. The third-order valence-corrected chi connectivity index (χ3v) is 5.53. The minimum absolute atomic E-state index is 0.0151. The van der Waals surface area contributed by atoms with Gasteiger partial charge in [0.25, 0.3) is 10.0 Å². The monoisotopic (exact) mass is 430 g/mol. The first-order valence-electron chi connectivity index (χ1n) is 8.52. The molecular weight excluding hydrogens is 409 g/mol. The molecule has 2 aromatic rings. The largest absolute Gasteiger partial charge is 0.495 e. The Balaban J connectivity index is 2.11. The van der Waals surface area contributed by atoms with Crippen molar-refractivity contribution in [3.05, 3.63) is 53.1 Å². The molecule has 0 heterocycles. The van der Waals surface area contributed by atoms with Gasteiger partial charge >= 0.3 is 6.18 Å². The van der Waals surface area contributed by atoms with E-state index in [1.807, 2.05) is 6.92 Å². The molecule has 6 nitrogen and oxygen atoms in total. The Morgan fingerprint density at radius 2 is 1.66 bits per heavy atom. The van der Waals surface area contributed by atoms with Gasteiger partial charge in [-0.3, -0.25) is 9.52 Å². The number of carbonyl (C=O) groups is 1. The fraction of sp³-hybridized carbons (Fsp3) is 0.316. The van der Waals surface area contributed by atoms with Crippen LogP contribution in [-0.2, 0) is 21.2 Å². The van der Waals surface area contributed by atoms with Crippen LogP contribution in [0.2, 0.25) is 0 Å². The van der Waals surface area contributed by atoms with Gasteiger partial charge in [0, 0.05) is 5.69 Å². The Kier molecular flexibility index (Phi) is 6.78. The number of carbonyl (C=O) groups excluding carboxylic acids is 1. The minimum atomic E-state index is -4.48. The van der Waals surface area contributed by atoms with Crippen molar-refractivity contribution in [2.24, 2.45) is 0 Å². The molecule has 0 bridgehead atoms. The molecule has 10 heteroatoms. The van der Waals surface area contributed by atoms with E-state index in [2.05, 4.69) is 4.72 Å². The molecule has 1 amide bonds. The minimum Gasteiger partial charge on any atom is -0.495 e. The highest BCUT2D eigenvalue weighted by molar-refractivity contribution is 7.92. The number of methoxy groups -OCH3 is 1. The summed E-state index contributed by atoms with van der Waals surface area (Å²) in [5.41, 5.74) is 2.35. The van der Waals surface area contributed by atoms with E-state index in [1.54, 1.807) is 18.3 Å². The number of anilines is 1.